The molecule has 0 aliphatic carbocycles. The number of nitrogens with two attached hydrogens (primary N) is 1. The van der Waals surface area contributed by atoms with Crippen LogP contribution in [-0.4, -0.2) is 94.0 Å². The number of carbonyl (C=O) groups is 6. The number of carbonyl (C=O) groups excluding carboxylic acids is 5. The van der Waals surface area contributed by atoms with Crippen LogP contribution in [-0.2, 0) is 28.8 Å². The Morgan fingerprint density at radius 3 is 2.29 bits per heavy atom. The molecule has 5 amide bonds. The van der Waals surface area contributed by atoms with Gasteiger partial charge in [0, 0.05) is 25.6 Å². The molecule has 4 atom stereocenters. The summed E-state index contributed by atoms with van der Waals surface area (Å²) in [4.78, 5) is 74.1. The highest BCUT2D eigenvalue weighted by Crippen LogP contribution is 2.20. The molecule has 1 rings (SSSR count). The molecule has 0 radical (unpaired) electrons. The number of thiol groups is 1. The number of nitrogens with zero attached hydrogens (tertiary/aromatic N) is 1. The molecule has 34 heavy (non-hydrogen) atoms. The zero-order chi connectivity index (χ0) is 25.8. The molecule has 1 aliphatic rings. The van der Waals surface area contributed by atoms with Crippen molar-refractivity contribution in [2.45, 2.75) is 63.2 Å². The Balaban J connectivity index is 3.00. The second-order valence-electron chi connectivity index (χ2n) is 7.86. The standard InChI is InChI=1S/C20H33N5O7S2/c1-11(26)22-12(5-6-16(27)28)18(30)23-13(7-9-34-2)20(32)25-8-3-4-15(25)19(31)24-14(10-33)17(21)29/h12-15,33H,3-10H2,1-2H3,(H2,21,29)(H,22,26)(H,23,30)(H,24,31)(H,27,28)/t12-,13-,14-,15-/m0/s1. The molecule has 0 spiro atoms. The van der Waals surface area contributed by atoms with Gasteiger partial charge in [-0.05, 0) is 37.7 Å². The van der Waals surface area contributed by atoms with Crippen molar-refractivity contribution in [1.82, 2.24) is 20.9 Å². The van der Waals surface area contributed by atoms with Crippen molar-refractivity contribution in [3.63, 3.8) is 0 Å². The Morgan fingerprint density at radius 2 is 1.76 bits per heavy atom. The predicted octanol–water partition coefficient (Wildman–Crippen LogP) is -1.52. The molecule has 192 valence electrons. The molecular weight excluding hydrogens is 486 g/mol. The van der Waals surface area contributed by atoms with Crippen LogP contribution < -0.4 is 21.7 Å². The van der Waals surface area contributed by atoms with E-state index in [0.29, 0.717) is 25.1 Å². The third kappa shape index (κ3) is 9.41. The SMILES string of the molecule is CSCC[C@H](NC(=O)[C@H](CCC(=O)O)NC(C)=O)C(=O)N1CCC[C@H]1C(=O)N[C@@H](CS)C(N)=O. The molecule has 12 nitrogen and oxygen atoms in total. The minimum atomic E-state index is -1.13. The molecule has 0 aromatic rings. The summed E-state index contributed by atoms with van der Waals surface area (Å²) in [5.74, 6) is -3.52. The highest BCUT2D eigenvalue weighted by Gasteiger charge is 2.39. The van der Waals surface area contributed by atoms with Crippen molar-refractivity contribution in [3.8, 4) is 0 Å². The van der Waals surface area contributed by atoms with E-state index in [2.05, 4.69) is 28.6 Å². The quantitative estimate of drug-likeness (QED) is 0.149. The third-order valence-electron chi connectivity index (χ3n) is 5.25. The zero-order valence-electron chi connectivity index (χ0n) is 19.2. The highest BCUT2D eigenvalue weighted by atomic mass is 32.2. The average Bonchev–Trinajstić information content (AvgIpc) is 3.26. The van der Waals surface area contributed by atoms with E-state index in [-0.39, 0.29) is 25.0 Å². The Labute approximate surface area is 207 Å². The van der Waals surface area contributed by atoms with Crippen LogP contribution in [0, 0.1) is 0 Å². The number of rotatable bonds is 14. The van der Waals surface area contributed by atoms with Crippen LogP contribution in [0.15, 0.2) is 0 Å². The molecule has 1 aliphatic heterocycles. The van der Waals surface area contributed by atoms with E-state index in [9.17, 15) is 28.8 Å². The Hall–Kier alpha value is -2.48. The second-order valence-corrected chi connectivity index (χ2v) is 9.21. The topological polar surface area (TPSA) is 188 Å². The van der Waals surface area contributed by atoms with Gasteiger partial charge in [0.2, 0.25) is 29.5 Å². The first-order chi connectivity index (χ1) is 16.0. The monoisotopic (exact) mass is 519 g/mol. The van der Waals surface area contributed by atoms with Crippen molar-refractivity contribution >= 4 is 59.9 Å². The number of carboxylic acids is 1. The summed E-state index contributed by atoms with van der Waals surface area (Å²) in [6.45, 7) is 1.49. The van der Waals surface area contributed by atoms with Crippen LogP contribution in [0.2, 0.25) is 0 Å². The normalized spacial score (nSPS) is 17.9. The highest BCUT2D eigenvalue weighted by molar-refractivity contribution is 7.98. The van der Waals surface area contributed by atoms with Gasteiger partial charge in [0.1, 0.15) is 24.2 Å². The molecule has 0 unspecified atom stereocenters. The molecule has 0 aromatic heterocycles. The Kier molecular flexibility index (Phi) is 12.8. The number of aliphatic carboxylic acids is 1. The second kappa shape index (κ2) is 14.7. The number of likely N-dealkylation sites (tertiary alicyclic amines) is 1. The van der Waals surface area contributed by atoms with Gasteiger partial charge in [-0.15, -0.1) is 0 Å². The summed E-state index contributed by atoms with van der Waals surface area (Å²) in [5, 5.41) is 16.5. The van der Waals surface area contributed by atoms with Crippen LogP contribution in [0.1, 0.15) is 39.0 Å². The molecule has 0 bridgehead atoms. The Bertz CT molecular complexity index is 782. The van der Waals surface area contributed by atoms with Gasteiger partial charge in [0.05, 0.1) is 0 Å². The van der Waals surface area contributed by atoms with Crippen molar-refractivity contribution in [2.24, 2.45) is 5.73 Å². The lowest BCUT2D eigenvalue weighted by Gasteiger charge is -2.30. The fourth-order valence-corrected chi connectivity index (χ4v) is 4.27. The first-order valence-electron chi connectivity index (χ1n) is 10.8. The lowest BCUT2D eigenvalue weighted by molar-refractivity contribution is -0.142. The lowest BCUT2D eigenvalue weighted by Crippen LogP contribution is -2.58. The number of thioether (sulfide) groups is 1. The van der Waals surface area contributed by atoms with Gasteiger partial charge in [-0.1, -0.05) is 0 Å². The number of hydrogen-bond donors (Lipinski definition) is 6. The average molecular weight is 520 g/mol. The summed E-state index contributed by atoms with van der Waals surface area (Å²) in [6, 6.07) is -3.91. The maximum Gasteiger partial charge on any atom is 0.303 e. The maximum absolute atomic E-state index is 13.3. The van der Waals surface area contributed by atoms with E-state index >= 15 is 0 Å². The van der Waals surface area contributed by atoms with E-state index in [0.717, 1.165) is 0 Å². The van der Waals surface area contributed by atoms with Gasteiger partial charge in [0.15, 0.2) is 0 Å². The minimum absolute atomic E-state index is 0.00895. The smallest absolute Gasteiger partial charge is 0.303 e. The number of carboxylic acid groups (broad SMARTS) is 1. The van der Waals surface area contributed by atoms with Gasteiger partial charge in [-0.2, -0.15) is 24.4 Å². The molecule has 0 aromatic carbocycles. The van der Waals surface area contributed by atoms with Gasteiger partial charge in [0.25, 0.3) is 0 Å². The summed E-state index contributed by atoms with van der Waals surface area (Å²) >= 11 is 5.47. The first-order valence-corrected chi connectivity index (χ1v) is 12.8. The van der Waals surface area contributed by atoms with Crippen LogP contribution in [0.4, 0.5) is 0 Å². The predicted molar refractivity (Wildman–Crippen MR) is 129 cm³/mol. The first kappa shape index (κ1) is 29.6. The van der Waals surface area contributed by atoms with E-state index in [1.807, 2.05) is 6.26 Å². The molecule has 6 N–H and O–H groups in total. The largest absolute Gasteiger partial charge is 0.481 e. The summed E-state index contributed by atoms with van der Waals surface area (Å²) in [6.07, 6.45) is 2.56. The summed E-state index contributed by atoms with van der Waals surface area (Å²) in [5.41, 5.74) is 5.25. The van der Waals surface area contributed by atoms with Gasteiger partial charge >= 0.3 is 5.97 Å². The van der Waals surface area contributed by atoms with E-state index in [1.165, 1.54) is 23.6 Å². The van der Waals surface area contributed by atoms with E-state index < -0.39 is 59.7 Å². The molecular formula is C20H33N5O7S2. The van der Waals surface area contributed by atoms with E-state index in [4.69, 9.17) is 10.8 Å². The fourth-order valence-electron chi connectivity index (χ4n) is 3.53. The van der Waals surface area contributed by atoms with E-state index in [1.54, 1.807) is 0 Å². The number of hydrogen-bond acceptors (Lipinski definition) is 8. The summed E-state index contributed by atoms with van der Waals surface area (Å²) in [7, 11) is 0. The summed E-state index contributed by atoms with van der Waals surface area (Å²) < 4.78 is 0. The van der Waals surface area contributed by atoms with Crippen LogP contribution in [0.25, 0.3) is 0 Å². The van der Waals surface area contributed by atoms with Crippen molar-refractivity contribution in [1.29, 1.82) is 0 Å². The number of amides is 5. The molecule has 1 saturated heterocycles. The Morgan fingerprint density at radius 1 is 1.09 bits per heavy atom. The zero-order valence-corrected chi connectivity index (χ0v) is 21.0. The van der Waals surface area contributed by atoms with Crippen LogP contribution in [0.3, 0.4) is 0 Å². The molecule has 0 saturated carbocycles. The fraction of sp³-hybridized carbons (Fsp3) is 0.700. The molecule has 1 heterocycles. The van der Waals surface area contributed by atoms with Gasteiger partial charge in [-0.3, -0.25) is 28.8 Å². The molecule has 14 heteroatoms. The molecule has 1 fully saturated rings. The van der Waals surface area contributed by atoms with Crippen molar-refractivity contribution in [2.75, 3.05) is 24.3 Å². The van der Waals surface area contributed by atoms with Crippen LogP contribution >= 0.6 is 24.4 Å². The third-order valence-corrected chi connectivity index (χ3v) is 6.26. The van der Waals surface area contributed by atoms with Crippen LogP contribution in [0.5, 0.6) is 0 Å². The van der Waals surface area contributed by atoms with Crippen molar-refractivity contribution in [3.05, 3.63) is 0 Å². The number of primary amides is 1. The van der Waals surface area contributed by atoms with Crippen molar-refractivity contribution < 1.29 is 33.9 Å². The lowest BCUT2D eigenvalue weighted by atomic mass is 10.1. The van der Waals surface area contributed by atoms with Gasteiger partial charge < -0.3 is 31.7 Å². The minimum Gasteiger partial charge on any atom is -0.481 e. The van der Waals surface area contributed by atoms with Gasteiger partial charge in [-0.25, -0.2) is 0 Å². The maximum atomic E-state index is 13.3. The number of nitrogens with one attached hydrogen (secondary N) is 3.